The molecule has 0 saturated carbocycles. The molecular formula is C21H18N4O4S2. The van der Waals surface area contributed by atoms with Gasteiger partial charge in [0.1, 0.15) is 0 Å². The monoisotopic (exact) mass is 454 g/mol. The van der Waals surface area contributed by atoms with Crippen molar-refractivity contribution in [2.75, 3.05) is 12.1 Å². The predicted molar refractivity (Wildman–Crippen MR) is 117 cm³/mol. The Bertz CT molecular complexity index is 1220. The van der Waals surface area contributed by atoms with Gasteiger partial charge in [-0.15, -0.1) is 22.7 Å². The molecule has 0 aliphatic carbocycles. The number of carbonyl (C=O) groups is 1. The molecule has 1 amide bonds. The fourth-order valence-electron chi connectivity index (χ4n) is 3.15. The van der Waals surface area contributed by atoms with E-state index in [0.717, 1.165) is 32.5 Å². The largest absolute Gasteiger partial charge is 0.454 e. The molecule has 1 N–H and O–H groups in total. The molecule has 0 bridgehead atoms. The first-order chi connectivity index (χ1) is 15.1. The van der Waals surface area contributed by atoms with Crippen LogP contribution in [0.25, 0.3) is 10.7 Å². The topological polar surface area (TPSA) is 99.4 Å². The van der Waals surface area contributed by atoms with Crippen molar-refractivity contribution < 1.29 is 18.8 Å². The van der Waals surface area contributed by atoms with Crippen molar-refractivity contribution in [1.29, 1.82) is 0 Å². The summed E-state index contributed by atoms with van der Waals surface area (Å²) < 4.78 is 16.0. The molecule has 5 rings (SSSR count). The third-order valence-corrected chi connectivity index (χ3v) is 6.65. The normalized spacial score (nSPS) is 12.3. The van der Waals surface area contributed by atoms with E-state index in [0.29, 0.717) is 29.7 Å². The van der Waals surface area contributed by atoms with Gasteiger partial charge >= 0.3 is 0 Å². The molecule has 0 unspecified atom stereocenters. The molecule has 1 aliphatic rings. The fourth-order valence-corrected chi connectivity index (χ4v) is 4.81. The molecule has 0 saturated heterocycles. The van der Waals surface area contributed by atoms with E-state index in [-0.39, 0.29) is 19.1 Å². The Kier molecular flexibility index (Phi) is 5.39. The minimum absolute atomic E-state index is 0.140. The number of aromatic nitrogens is 3. The molecule has 4 heterocycles. The quantitative estimate of drug-likeness (QED) is 0.440. The number of thiophene rings is 1. The second kappa shape index (κ2) is 8.48. The molecule has 3 aromatic heterocycles. The van der Waals surface area contributed by atoms with Crippen molar-refractivity contribution >= 4 is 33.7 Å². The summed E-state index contributed by atoms with van der Waals surface area (Å²) >= 11 is 3.02. The van der Waals surface area contributed by atoms with E-state index < -0.39 is 0 Å². The van der Waals surface area contributed by atoms with Crippen LogP contribution in [-0.4, -0.2) is 27.8 Å². The smallest absolute Gasteiger partial charge is 0.231 e. The van der Waals surface area contributed by atoms with Crippen LogP contribution in [0.3, 0.4) is 0 Å². The first-order valence-corrected chi connectivity index (χ1v) is 11.3. The molecule has 158 valence electrons. The minimum Gasteiger partial charge on any atom is -0.454 e. The molecular weight excluding hydrogens is 436 g/mol. The summed E-state index contributed by atoms with van der Waals surface area (Å²) in [5.74, 6) is 2.38. The number of hydrogen-bond acceptors (Lipinski definition) is 9. The van der Waals surface area contributed by atoms with Crippen LogP contribution in [0, 0.1) is 6.92 Å². The SMILES string of the molecule is Cc1nc(NC(=O)CCc2nc(-c3cccs3)no2)sc1Cc1ccc2c(c1)OCO2. The van der Waals surface area contributed by atoms with Crippen LogP contribution < -0.4 is 14.8 Å². The molecule has 8 nitrogen and oxygen atoms in total. The van der Waals surface area contributed by atoms with Crippen LogP contribution in [-0.2, 0) is 17.6 Å². The van der Waals surface area contributed by atoms with E-state index in [1.54, 1.807) is 11.3 Å². The predicted octanol–water partition coefficient (Wildman–Crippen LogP) is 4.45. The lowest BCUT2D eigenvalue weighted by Gasteiger charge is -2.02. The number of amides is 1. The van der Waals surface area contributed by atoms with Gasteiger partial charge in [-0.1, -0.05) is 17.3 Å². The number of thiazole rings is 1. The van der Waals surface area contributed by atoms with Gasteiger partial charge in [-0.25, -0.2) is 4.98 Å². The number of rotatable bonds is 7. The summed E-state index contributed by atoms with van der Waals surface area (Å²) in [6.45, 7) is 2.20. The molecule has 1 aromatic carbocycles. The van der Waals surface area contributed by atoms with E-state index in [1.807, 2.05) is 42.6 Å². The van der Waals surface area contributed by atoms with Crippen LogP contribution in [0.2, 0.25) is 0 Å². The van der Waals surface area contributed by atoms with Gasteiger partial charge in [0.2, 0.25) is 24.4 Å². The summed E-state index contributed by atoms with van der Waals surface area (Å²) in [5, 5.41) is 9.37. The third kappa shape index (κ3) is 4.44. The highest BCUT2D eigenvalue weighted by Gasteiger charge is 2.16. The lowest BCUT2D eigenvalue weighted by atomic mass is 10.1. The summed E-state index contributed by atoms with van der Waals surface area (Å²) in [7, 11) is 0. The maximum atomic E-state index is 12.4. The van der Waals surface area contributed by atoms with Gasteiger partial charge < -0.3 is 19.3 Å². The van der Waals surface area contributed by atoms with Crippen LogP contribution in [0.4, 0.5) is 5.13 Å². The molecule has 0 fully saturated rings. The van der Waals surface area contributed by atoms with E-state index >= 15 is 0 Å². The van der Waals surface area contributed by atoms with Crippen molar-refractivity contribution in [2.24, 2.45) is 0 Å². The van der Waals surface area contributed by atoms with Crippen molar-refractivity contribution in [3.05, 3.63) is 57.7 Å². The maximum Gasteiger partial charge on any atom is 0.231 e. The summed E-state index contributed by atoms with van der Waals surface area (Å²) in [6, 6.07) is 9.77. The van der Waals surface area contributed by atoms with Gasteiger partial charge in [0.25, 0.3) is 0 Å². The number of hydrogen-bond donors (Lipinski definition) is 1. The maximum absolute atomic E-state index is 12.4. The van der Waals surface area contributed by atoms with E-state index in [9.17, 15) is 4.79 Å². The Morgan fingerprint density at radius 1 is 1.19 bits per heavy atom. The van der Waals surface area contributed by atoms with Crippen LogP contribution in [0.5, 0.6) is 11.5 Å². The zero-order valence-corrected chi connectivity index (χ0v) is 18.2. The van der Waals surface area contributed by atoms with E-state index in [4.69, 9.17) is 14.0 Å². The third-order valence-electron chi connectivity index (χ3n) is 4.72. The second-order valence-corrected chi connectivity index (χ2v) is 8.96. The zero-order chi connectivity index (χ0) is 21.2. The van der Waals surface area contributed by atoms with E-state index in [2.05, 4.69) is 20.4 Å². The van der Waals surface area contributed by atoms with Crippen LogP contribution in [0.1, 0.15) is 28.4 Å². The van der Waals surface area contributed by atoms with Gasteiger partial charge in [0.15, 0.2) is 16.6 Å². The molecule has 0 spiro atoms. The van der Waals surface area contributed by atoms with Crippen molar-refractivity contribution in [2.45, 2.75) is 26.2 Å². The van der Waals surface area contributed by atoms with Gasteiger partial charge in [0, 0.05) is 24.1 Å². The summed E-state index contributed by atoms with van der Waals surface area (Å²) in [6.07, 6.45) is 1.32. The Hall–Kier alpha value is -3.24. The number of ether oxygens (including phenoxy) is 2. The van der Waals surface area contributed by atoms with Crippen LogP contribution >= 0.6 is 22.7 Å². The van der Waals surface area contributed by atoms with Crippen LogP contribution in [0.15, 0.2) is 40.2 Å². The van der Waals surface area contributed by atoms with Gasteiger partial charge in [-0.05, 0) is 36.1 Å². The Labute approximate surface area is 185 Å². The van der Waals surface area contributed by atoms with Crippen molar-refractivity contribution in [1.82, 2.24) is 15.1 Å². The lowest BCUT2D eigenvalue weighted by Crippen LogP contribution is -2.12. The number of aryl methyl sites for hydroxylation is 2. The number of anilines is 1. The van der Waals surface area contributed by atoms with Gasteiger partial charge in [-0.3, -0.25) is 4.79 Å². The average molecular weight is 455 g/mol. The Morgan fingerprint density at radius 3 is 2.97 bits per heavy atom. The first-order valence-electron chi connectivity index (χ1n) is 9.65. The highest BCUT2D eigenvalue weighted by molar-refractivity contribution is 7.16. The summed E-state index contributed by atoms with van der Waals surface area (Å²) in [4.78, 5) is 23.2. The standard InChI is InChI=1S/C21H18N4O4S2/c1-12-17(10-13-4-5-14-15(9-13)28-11-27-14)31-21(22-12)23-18(26)6-7-19-24-20(25-29-19)16-3-2-8-30-16/h2-5,8-9H,6-7,10-11H2,1H3,(H,22,23,26). The minimum atomic E-state index is -0.140. The highest BCUT2D eigenvalue weighted by atomic mass is 32.1. The zero-order valence-electron chi connectivity index (χ0n) is 16.6. The molecule has 0 atom stereocenters. The summed E-state index contributed by atoms with van der Waals surface area (Å²) in [5.41, 5.74) is 2.00. The molecule has 1 aliphatic heterocycles. The Balaban J connectivity index is 1.17. The first kappa shape index (κ1) is 19.7. The van der Waals surface area contributed by atoms with E-state index in [1.165, 1.54) is 11.3 Å². The highest BCUT2D eigenvalue weighted by Crippen LogP contribution is 2.34. The molecule has 4 aromatic rings. The van der Waals surface area contributed by atoms with Gasteiger partial charge in [0.05, 0.1) is 10.6 Å². The Morgan fingerprint density at radius 2 is 2.10 bits per heavy atom. The van der Waals surface area contributed by atoms with Crippen molar-refractivity contribution in [3.63, 3.8) is 0 Å². The number of benzene rings is 1. The number of fused-ring (bicyclic) bond motifs is 1. The van der Waals surface area contributed by atoms with Crippen molar-refractivity contribution in [3.8, 4) is 22.2 Å². The number of carbonyl (C=O) groups excluding carboxylic acids is 1. The van der Waals surface area contributed by atoms with Gasteiger partial charge in [-0.2, -0.15) is 4.98 Å². The fraction of sp³-hybridized carbons (Fsp3) is 0.238. The number of nitrogens with zero attached hydrogens (tertiary/aromatic N) is 3. The molecule has 31 heavy (non-hydrogen) atoms. The number of nitrogens with one attached hydrogen (secondary N) is 1. The average Bonchev–Trinajstić information content (AvgIpc) is 3.54. The second-order valence-electron chi connectivity index (χ2n) is 6.93. The molecule has 10 heteroatoms. The molecule has 0 radical (unpaired) electrons. The lowest BCUT2D eigenvalue weighted by molar-refractivity contribution is -0.116.